The van der Waals surface area contributed by atoms with E-state index in [-0.39, 0.29) is 5.41 Å². The molecule has 0 amide bonds. The smallest absolute Gasteiger partial charge is 0.331 e. The Morgan fingerprint density at radius 1 is 0.341 bits per heavy atom. The summed E-state index contributed by atoms with van der Waals surface area (Å²) >= 11 is 10.7. The average molecular weight is 1220 g/mol. The lowest BCUT2D eigenvalue weighted by Crippen LogP contribution is -2.49. The molecule has 2 spiro atoms. The van der Waals surface area contributed by atoms with Gasteiger partial charge >= 0.3 is 7.48 Å². The summed E-state index contributed by atoms with van der Waals surface area (Å²) in [6.45, 7) is 20.1. The second kappa shape index (κ2) is 24.1. The van der Waals surface area contributed by atoms with Crippen LogP contribution in [0.5, 0.6) is 0 Å². The van der Waals surface area contributed by atoms with Crippen LogP contribution in [-0.4, -0.2) is 82.1 Å². The molecule has 2 aliphatic carbocycles. The number of rotatable bonds is 6. The fourth-order valence-electron chi connectivity index (χ4n) is 11.9. The largest absolute Gasteiger partial charge is 0.427 e. The van der Waals surface area contributed by atoms with Gasteiger partial charge in [-0.15, -0.1) is 0 Å². The van der Waals surface area contributed by atoms with Crippen molar-refractivity contribution in [1.29, 1.82) is 0 Å². The molecule has 4 aliphatic rings. The molecular formula is C76H75B3ClO6S2. The minimum Gasteiger partial charge on any atom is -0.427 e. The molecular weight excluding hydrogens is 1140 g/mol. The maximum atomic E-state index is 10.8. The topological polar surface area (TPSA) is 110 Å². The van der Waals surface area contributed by atoms with Gasteiger partial charge in [0.25, 0.3) is 0 Å². The summed E-state index contributed by atoms with van der Waals surface area (Å²) in [6, 6.07) is 75.0. The Balaban J connectivity index is 0.000000155. The monoisotopic (exact) mass is 1220 g/mol. The molecule has 88 heavy (non-hydrogen) atoms. The van der Waals surface area contributed by atoms with Crippen LogP contribution in [0.15, 0.2) is 226 Å². The Morgan fingerprint density at radius 3 is 1.02 bits per heavy atom. The molecule has 0 bridgehead atoms. The third-order valence-electron chi connectivity index (χ3n) is 18.6. The second-order valence-corrected chi connectivity index (χ2v) is 28.7. The van der Waals surface area contributed by atoms with Crippen molar-refractivity contribution < 1.29 is 30.2 Å². The third kappa shape index (κ3) is 11.1. The summed E-state index contributed by atoms with van der Waals surface area (Å²) in [5, 5.41) is 53.0. The van der Waals surface area contributed by atoms with Gasteiger partial charge in [-0.05, 0) is 202 Å². The van der Waals surface area contributed by atoms with Gasteiger partial charge in [-0.2, -0.15) is 0 Å². The van der Waals surface area contributed by atoms with Crippen molar-refractivity contribution in [1.82, 2.24) is 0 Å². The van der Waals surface area contributed by atoms with E-state index in [1.165, 1.54) is 108 Å². The summed E-state index contributed by atoms with van der Waals surface area (Å²) in [4.78, 5) is 5.20. The number of hydrogen-bond acceptors (Lipinski definition) is 8. The van der Waals surface area contributed by atoms with E-state index in [0.29, 0.717) is 0 Å². The Labute approximate surface area is 536 Å². The van der Waals surface area contributed by atoms with Crippen LogP contribution < -0.4 is 5.46 Å². The summed E-state index contributed by atoms with van der Waals surface area (Å²) in [7, 11) is 9.86. The van der Waals surface area contributed by atoms with Crippen molar-refractivity contribution in [3.63, 3.8) is 0 Å². The SMILES string of the molecule is CC(C)(O)C(C)(C)O.CC(C)(O)C(C)(C)O.CC(C)(O)C(C)(C)O[B]c1cccc2c1-c1c(ccc3ccccc13)C21c2ccccc2Sc2ccccc21.Clc1cccc2c1-c1c(ccc3ccccc13)C21c2ccccc2Sc2ccccc21.[B][B]. The van der Waals surface area contributed by atoms with Crippen LogP contribution in [0.25, 0.3) is 43.8 Å². The van der Waals surface area contributed by atoms with Crippen molar-refractivity contribution in [2.75, 3.05) is 0 Å². The van der Waals surface area contributed by atoms with Crippen LogP contribution in [0, 0.1) is 0 Å². The third-order valence-corrected chi connectivity index (χ3v) is 21.3. The van der Waals surface area contributed by atoms with Gasteiger partial charge in [0.05, 0.1) is 44.4 Å². The van der Waals surface area contributed by atoms with Crippen LogP contribution in [0.2, 0.25) is 5.02 Å². The maximum Gasteiger partial charge on any atom is 0.331 e. The predicted octanol–water partition coefficient (Wildman–Crippen LogP) is 16.1. The standard InChI is InChI=1S/C35H30BO2S.C29H17ClS.2C6H14O2.B2/c1-33(2,37)34(3,4)38-36-28-17-11-16-26-32(28)31-23-13-6-5-12-22(23)20-21-27(31)35(26)24-14-7-9-18-29(24)39-30-19-10-8-15-25(30)35;30-24-13-7-12-22-28(24)27-19-9-2-1-8-18(19)16-17-23(27)29(22)20-10-3-5-14-25(20)31-26-15-6-4-11-21(26)29;2*1-5(2,7)6(3,4)8;1-2/h5-21,37H,1-4H3;1-17H;2*7-8H,1-4H3;. The zero-order valence-corrected chi connectivity index (χ0v) is 54.6. The van der Waals surface area contributed by atoms with Gasteiger partial charge in [-0.1, -0.05) is 211 Å². The van der Waals surface area contributed by atoms with Gasteiger partial charge in [-0.3, -0.25) is 0 Å². The maximum absolute atomic E-state index is 10.8. The molecule has 0 atom stereocenters. The minimum absolute atomic E-state index is 0.363. The molecule has 2 aliphatic heterocycles. The summed E-state index contributed by atoms with van der Waals surface area (Å²) in [5.74, 6) is 0. The van der Waals surface area contributed by atoms with Crippen LogP contribution in [0.4, 0.5) is 0 Å². The van der Waals surface area contributed by atoms with Crippen LogP contribution in [0.1, 0.15) is 128 Å². The van der Waals surface area contributed by atoms with Crippen LogP contribution in [0.3, 0.4) is 0 Å². The molecule has 6 nitrogen and oxygen atoms in total. The molecule has 0 saturated carbocycles. The fraction of sp³-hybridized carbons (Fsp3) is 0.263. The molecule has 14 rings (SSSR count). The van der Waals surface area contributed by atoms with E-state index < -0.39 is 39.0 Å². The van der Waals surface area contributed by atoms with Gasteiger partial charge in [0, 0.05) is 45.6 Å². The molecule has 0 saturated heterocycles. The predicted molar refractivity (Wildman–Crippen MR) is 369 cm³/mol. The first-order valence-corrected chi connectivity index (χ1v) is 31.7. The summed E-state index contributed by atoms with van der Waals surface area (Å²) in [6.07, 6.45) is 0. The van der Waals surface area contributed by atoms with E-state index in [4.69, 9.17) is 36.7 Å². The van der Waals surface area contributed by atoms with E-state index in [2.05, 4.69) is 216 Å². The van der Waals surface area contributed by atoms with E-state index >= 15 is 0 Å². The van der Waals surface area contributed by atoms with E-state index in [0.717, 1.165) is 10.5 Å². The molecule has 10 aromatic rings. The molecule has 0 fully saturated rings. The zero-order chi connectivity index (χ0) is 63.6. The highest BCUT2D eigenvalue weighted by atomic mass is 35.5. The number of fused-ring (bicyclic) bond motifs is 22. The highest BCUT2D eigenvalue weighted by molar-refractivity contribution is 7.99. The lowest BCUT2D eigenvalue weighted by Gasteiger charge is -2.39. The highest BCUT2D eigenvalue weighted by Crippen LogP contribution is 2.65. The molecule has 443 valence electrons. The minimum atomic E-state index is -1.01. The van der Waals surface area contributed by atoms with Crippen molar-refractivity contribution in [3.05, 3.63) is 256 Å². The van der Waals surface area contributed by atoms with Crippen molar-refractivity contribution >= 4 is 85.1 Å². The van der Waals surface area contributed by atoms with E-state index in [1.807, 2.05) is 50.9 Å². The first-order chi connectivity index (χ1) is 41.5. The Morgan fingerprint density at radius 2 is 0.648 bits per heavy atom. The normalized spacial score (nSPS) is 14.5. The first-order valence-electron chi connectivity index (χ1n) is 29.7. The Kier molecular flexibility index (Phi) is 17.7. The first kappa shape index (κ1) is 64.6. The zero-order valence-electron chi connectivity index (χ0n) is 52.2. The molecule has 0 unspecified atom stereocenters. The number of hydrogen-bond donors (Lipinski definition) is 5. The number of benzene rings is 10. The van der Waals surface area contributed by atoms with Gasteiger partial charge in [0.2, 0.25) is 0 Å². The number of halogens is 1. The fourth-order valence-corrected chi connectivity index (χ4v) is 14.5. The van der Waals surface area contributed by atoms with Gasteiger partial charge in [-0.25, -0.2) is 0 Å². The Hall–Kier alpha value is -6.34. The molecule has 10 aromatic carbocycles. The van der Waals surface area contributed by atoms with Gasteiger partial charge in [0.15, 0.2) is 0 Å². The number of aliphatic hydroxyl groups is 5. The summed E-state index contributed by atoms with van der Waals surface area (Å²) in [5.41, 5.74) is 9.83. The Bertz CT molecular complexity index is 4100. The van der Waals surface area contributed by atoms with Crippen LogP contribution >= 0.6 is 35.1 Å². The second-order valence-electron chi connectivity index (χ2n) is 26.1. The molecule has 0 aromatic heterocycles. The molecule has 5 radical (unpaired) electrons. The quantitative estimate of drug-likeness (QED) is 0.105. The lowest BCUT2D eigenvalue weighted by atomic mass is 9.66. The van der Waals surface area contributed by atoms with Crippen molar-refractivity contribution in [2.24, 2.45) is 0 Å². The molecule has 5 N–H and O–H groups in total. The summed E-state index contributed by atoms with van der Waals surface area (Å²) < 4.78 is 6.37. The molecule has 12 heteroatoms. The van der Waals surface area contributed by atoms with Crippen molar-refractivity contribution in [3.8, 4) is 22.3 Å². The molecule has 2 heterocycles. The van der Waals surface area contributed by atoms with Crippen molar-refractivity contribution in [2.45, 2.75) is 147 Å². The van der Waals surface area contributed by atoms with Crippen LogP contribution in [-0.2, 0) is 15.5 Å². The average Bonchev–Trinajstić information content (AvgIpc) is 1.50. The highest BCUT2D eigenvalue weighted by Gasteiger charge is 2.53. The van der Waals surface area contributed by atoms with Gasteiger partial charge in [0.1, 0.15) is 0 Å². The van der Waals surface area contributed by atoms with E-state index in [1.54, 1.807) is 69.2 Å². The lowest BCUT2D eigenvalue weighted by molar-refractivity contribution is -0.107. The van der Waals surface area contributed by atoms with Gasteiger partial charge < -0.3 is 30.2 Å². The van der Waals surface area contributed by atoms with E-state index in [9.17, 15) is 5.11 Å².